The number of aromatic hydroxyl groups is 1. The number of rotatable bonds is 7. The zero-order valence-electron chi connectivity index (χ0n) is 17.6. The van der Waals surface area contributed by atoms with Crippen LogP contribution in [-0.2, 0) is 10.2 Å². The highest BCUT2D eigenvalue weighted by molar-refractivity contribution is 5.77. The molecule has 0 saturated heterocycles. The van der Waals surface area contributed by atoms with E-state index in [1.165, 1.54) is 25.7 Å². The molecule has 2 aliphatic rings. The molecule has 1 aromatic carbocycles. The molecule has 1 aliphatic heterocycles. The van der Waals surface area contributed by atoms with Gasteiger partial charge in [-0.2, -0.15) is 0 Å². The summed E-state index contributed by atoms with van der Waals surface area (Å²) >= 11 is 0. The second-order valence-corrected chi connectivity index (χ2v) is 9.30. The van der Waals surface area contributed by atoms with Crippen molar-refractivity contribution in [3.63, 3.8) is 0 Å². The van der Waals surface area contributed by atoms with Gasteiger partial charge in [0, 0.05) is 23.3 Å². The summed E-state index contributed by atoms with van der Waals surface area (Å²) in [4.78, 5) is 11.7. The maximum absolute atomic E-state index is 11.7. The van der Waals surface area contributed by atoms with Crippen molar-refractivity contribution in [3.8, 4) is 11.5 Å². The van der Waals surface area contributed by atoms with Crippen LogP contribution >= 0.6 is 0 Å². The van der Waals surface area contributed by atoms with Crippen LogP contribution in [0.1, 0.15) is 89.2 Å². The van der Waals surface area contributed by atoms with Crippen molar-refractivity contribution in [2.75, 3.05) is 0 Å². The maximum atomic E-state index is 11.7. The Labute approximate surface area is 169 Å². The number of carbonyl (C=O) groups excluding carboxylic acids is 1. The molecule has 1 heterocycles. The third-order valence-electron chi connectivity index (χ3n) is 6.84. The van der Waals surface area contributed by atoms with E-state index in [9.17, 15) is 9.90 Å². The molecule has 1 saturated carbocycles. The van der Waals surface area contributed by atoms with E-state index < -0.39 is 0 Å². The molecular weight excluding hydrogens is 350 g/mol. The van der Waals surface area contributed by atoms with Gasteiger partial charge in [0.25, 0.3) is 0 Å². The Hall–Kier alpha value is -1.97. The molecule has 4 heteroatoms. The van der Waals surface area contributed by atoms with Crippen LogP contribution in [0.4, 0.5) is 0 Å². The third-order valence-corrected chi connectivity index (χ3v) is 6.84. The molecule has 0 aromatic heterocycles. The summed E-state index contributed by atoms with van der Waals surface area (Å²) in [5.74, 6) is 1.52. The molecule has 1 fully saturated rings. The van der Waals surface area contributed by atoms with E-state index in [0.717, 1.165) is 36.1 Å². The summed E-state index contributed by atoms with van der Waals surface area (Å²) in [5, 5.41) is 10.9. The summed E-state index contributed by atoms with van der Waals surface area (Å²) in [7, 11) is 0. The van der Waals surface area contributed by atoms with Crippen LogP contribution < -0.4 is 10.5 Å². The number of phenols is 1. The summed E-state index contributed by atoms with van der Waals surface area (Å²) in [6.45, 7) is 10.8. The fourth-order valence-electron chi connectivity index (χ4n) is 4.95. The third kappa shape index (κ3) is 4.06. The lowest BCUT2D eigenvalue weighted by molar-refractivity contribution is -0.123. The van der Waals surface area contributed by atoms with E-state index in [-0.39, 0.29) is 34.8 Å². The Bertz CT molecular complexity index is 752. The predicted molar refractivity (Wildman–Crippen MR) is 112 cm³/mol. The lowest BCUT2D eigenvalue weighted by Gasteiger charge is -2.41. The number of ether oxygens (including phenoxy) is 1. The number of phenolic OH excluding ortho intramolecular Hbond substituents is 1. The topological polar surface area (TPSA) is 72.6 Å². The molecule has 1 amide bonds. The van der Waals surface area contributed by atoms with E-state index >= 15 is 0 Å². The van der Waals surface area contributed by atoms with E-state index in [0.29, 0.717) is 12.2 Å². The average molecular weight is 386 g/mol. The fraction of sp³-hybridized carbons (Fsp3) is 0.625. The van der Waals surface area contributed by atoms with Crippen LogP contribution in [0.5, 0.6) is 11.5 Å². The largest absolute Gasteiger partial charge is 0.508 e. The minimum Gasteiger partial charge on any atom is -0.508 e. The number of allylic oxidation sites excluding steroid dienone is 1. The van der Waals surface area contributed by atoms with Crippen molar-refractivity contribution >= 4 is 5.91 Å². The quantitative estimate of drug-likeness (QED) is 0.606. The molecule has 3 rings (SSSR count). The van der Waals surface area contributed by atoms with Gasteiger partial charge >= 0.3 is 0 Å². The van der Waals surface area contributed by atoms with Gasteiger partial charge in [-0.05, 0) is 48.8 Å². The summed E-state index contributed by atoms with van der Waals surface area (Å²) < 4.78 is 6.09. The minimum absolute atomic E-state index is 0.0376. The number of unbranched alkanes of at least 4 members (excludes halogenated alkanes) is 3. The Balaban J connectivity index is 1.89. The van der Waals surface area contributed by atoms with Gasteiger partial charge in [0.2, 0.25) is 5.91 Å². The molecule has 0 radical (unpaired) electrons. The smallest absolute Gasteiger partial charge is 0.220 e. The SMILES string of the molecule is C=C1Oc2cc(C(C)(C)CCCCCC)cc(O)c2[C@@H]2C[C@H](C(N)=O)CC[C@@H]12. The first-order valence-corrected chi connectivity index (χ1v) is 10.8. The highest BCUT2D eigenvalue weighted by Gasteiger charge is 2.42. The molecule has 0 spiro atoms. The van der Waals surface area contributed by atoms with Crippen molar-refractivity contribution in [3.05, 3.63) is 35.6 Å². The van der Waals surface area contributed by atoms with Crippen LogP contribution in [0.2, 0.25) is 0 Å². The van der Waals surface area contributed by atoms with Gasteiger partial charge in [0.05, 0.1) is 0 Å². The van der Waals surface area contributed by atoms with Crippen LogP contribution in [0.3, 0.4) is 0 Å². The van der Waals surface area contributed by atoms with Gasteiger partial charge < -0.3 is 15.6 Å². The Kier molecular flexibility index (Phi) is 6.07. The fourth-order valence-corrected chi connectivity index (χ4v) is 4.95. The number of nitrogens with two attached hydrogens (primary N) is 1. The monoisotopic (exact) mass is 385 g/mol. The number of amides is 1. The highest BCUT2D eigenvalue weighted by Crippen LogP contribution is 2.54. The summed E-state index contributed by atoms with van der Waals surface area (Å²) in [6.07, 6.45) is 8.21. The lowest BCUT2D eigenvalue weighted by Crippen LogP contribution is -2.35. The van der Waals surface area contributed by atoms with Crippen LogP contribution in [0.25, 0.3) is 0 Å². The molecule has 0 bridgehead atoms. The van der Waals surface area contributed by atoms with Crippen molar-refractivity contribution in [2.24, 2.45) is 17.6 Å². The summed E-state index contributed by atoms with van der Waals surface area (Å²) in [6, 6.07) is 3.98. The van der Waals surface area contributed by atoms with Crippen LogP contribution in [0.15, 0.2) is 24.5 Å². The molecular formula is C24H35NO3. The Morgan fingerprint density at radius 1 is 1.25 bits per heavy atom. The van der Waals surface area contributed by atoms with Gasteiger partial charge in [0.15, 0.2) is 0 Å². The lowest BCUT2D eigenvalue weighted by atomic mass is 9.68. The van der Waals surface area contributed by atoms with E-state index in [2.05, 4.69) is 33.4 Å². The number of fused-ring (bicyclic) bond motifs is 3. The molecule has 1 aromatic rings. The normalized spacial score (nSPS) is 24.2. The summed E-state index contributed by atoms with van der Waals surface area (Å²) in [5.41, 5.74) is 7.46. The molecule has 1 aliphatic carbocycles. The molecule has 4 nitrogen and oxygen atoms in total. The minimum atomic E-state index is -0.249. The van der Waals surface area contributed by atoms with Crippen LogP contribution in [0, 0.1) is 11.8 Å². The number of primary amides is 1. The molecule has 3 N–H and O–H groups in total. The Morgan fingerprint density at radius 2 is 2.00 bits per heavy atom. The van der Waals surface area contributed by atoms with Crippen molar-refractivity contribution in [1.82, 2.24) is 0 Å². The Morgan fingerprint density at radius 3 is 2.68 bits per heavy atom. The maximum Gasteiger partial charge on any atom is 0.220 e. The van der Waals surface area contributed by atoms with E-state index in [1.54, 1.807) is 0 Å². The van der Waals surface area contributed by atoms with Gasteiger partial charge in [0.1, 0.15) is 17.3 Å². The molecule has 154 valence electrons. The van der Waals surface area contributed by atoms with Crippen molar-refractivity contribution in [1.29, 1.82) is 0 Å². The van der Waals surface area contributed by atoms with Gasteiger partial charge in [-0.3, -0.25) is 4.79 Å². The molecule has 3 atom stereocenters. The van der Waals surface area contributed by atoms with E-state index in [1.807, 2.05) is 6.07 Å². The molecule has 0 unspecified atom stereocenters. The van der Waals surface area contributed by atoms with Gasteiger partial charge in [-0.15, -0.1) is 0 Å². The van der Waals surface area contributed by atoms with Crippen LogP contribution in [-0.4, -0.2) is 11.0 Å². The highest BCUT2D eigenvalue weighted by atomic mass is 16.5. The number of carbonyl (C=O) groups is 1. The average Bonchev–Trinajstić information content (AvgIpc) is 2.64. The van der Waals surface area contributed by atoms with Gasteiger partial charge in [-0.25, -0.2) is 0 Å². The predicted octanol–water partition coefficient (Wildman–Crippen LogP) is 5.53. The first kappa shape index (κ1) is 20.8. The number of hydrogen-bond acceptors (Lipinski definition) is 3. The van der Waals surface area contributed by atoms with E-state index in [4.69, 9.17) is 10.5 Å². The second kappa shape index (κ2) is 8.18. The first-order valence-electron chi connectivity index (χ1n) is 10.8. The van der Waals surface area contributed by atoms with Crippen molar-refractivity contribution in [2.45, 2.75) is 83.5 Å². The number of hydrogen-bond donors (Lipinski definition) is 2. The molecule has 28 heavy (non-hydrogen) atoms. The number of benzene rings is 1. The second-order valence-electron chi connectivity index (χ2n) is 9.30. The first-order chi connectivity index (χ1) is 13.2. The van der Waals surface area contributed by atoms with Crippen molar-refractivity contribution < 1.29 is 14.6 Å². The zero-order valence-corrected chi connectivity index (χ0v) is 17.6. The zero-order chi connectivity index (χ0) is 20.5. The van der Waals surface area contributed by atoms with Gasteiger partial charge in [-0.1, -0.05) is 53.0 Å². The standard InChI is InChI=1S/C24H35NO3/c1-5-6-7-8-11-24(3,4)17-13-20(26)22-19-12-16(23(25)27)9-10-18(19)15(2)28-21(22)14-17/h13-14,16,18-19,26H,2,5-12H2,1,3-4H3,(H2,25,27)/t16-,18+,19-/m1/s1.